The van der Waals surface area contributed by atoms with Gasteiger partial charge in [-0.3, -0.25) is 9.10 Å². The van der Waals surface area contributed by atoms with Gasteiger partial charge in [-0.2, -0.15) is 0 Å². The van der Waals surface area contributed by atoms with Crippen LogP contribution in [0.1, 0.15) is 43.9 Å². The Bertz CT molecular complexity index is 989. The van der Waals surface area contributed by atoms with Gasteiger partial charge in [0.25, 0.3) is 0 Å². The van der Waals surface area contributed by atoms with E-state index in [0.29, 0.717) is 17.2 Å². The van der Waals surface area contributed by atoms with Crippen molar-refractivity contribution in [2.75, 3.05) is 31.3 Å². The zero-order valence-electron chi connectivity index (χ0n) is 18.3. The highest BCUT2D eigenvalue weighted by Crippen LogP contribution is 2.30. The summed E-state index contributed by atoms with van der Waals surface area (Å²) >= 11 is 0. The molecule has 0 aromatic heterocycles. The summed E-state index contributed by atoms with van der Waals surface area (Å²) in [4.78, 5) is 12.8. The van der Waals surface area contributed by atoms with Crippen molar-refractivity contribution in [3.8, 4) is 11.5 Å². The SMILES string of the molecule is COc1ccc(OC)c(C(C)NC(=O)CN(c2ccccc2C(C)C)S(C)(=O)=O)c1. The van der Waals surface area contributed by atoms with Gasteiger partial charge in [0.1, 0.15) is 18.0 Å². The Morgan fingerprint density at radius 3 is 2.27 bits per heavy atom. The van der Waals surface area contributed by atoms with E-state index in [1.807, 2.05) is 32.9 Å². The lowest BCUT2D eigenvalue weighted by atomic mass is 10.0. The Kier molecular flexibility index (Phi) is 7.72. The van der Waals surface area contributed by atoms with E-state index < -0.39 is 22.0 Å². The first-order chi connectivity index (χ1) is 14.1. The molecule has 0 aliphatic carbocycles. The van der Waals surface area contributed by atoms with Crippen LogP contribution in [0.2, 0.25) is 0 Å². The number of benzene rings is 2. The first kappa shape index (κ1) is 23.5. The molecule has 164 valence electrons. The van der Waals surface area contributed by atoms with Crippen molar-refractivity contribution in [1.82, 2.24) is 5.32 Å². The molecule has 0 saturated carbocycles. The molecule has 0 fully saturated rings. The fourth-order valence-electron chi connectivity index (χ4n) is 3.26. The Labute approximate surface area is 179 Å². The third kappa shape index (κ3) is 5.66. The summed E-state index contributed by atoms with van der Waals surface area (Å²) in [5.74, 6) is 0.925. The van der Waals surface area contributed by atoms with E-state index in [0.717, 1.165) is 21.7 Å². The monoisotopic (exact) mass is 434 g/mol. The summed E-state index contributed by atoms with van der Waals surface area (Å²) in [6, 6.07) is 12.1. The lowest BCUT2D eigenvalue weighted by Gasteiger charge is -2.26. The fraction of sp³-hybridized carbons (Fsp3) is 0.409. The van der Waals surface area contributed by atoms with E-state index in [1.54, 1.807) is 44.6 Å². The Balaban J connectivity index is 2.28. The molecule has 2 aromatic carbocycles. The number of amides is 1. The summed E-state index contributed by atoms with van der Waals surface area (Å²) < 4.78 is 36.8. The molecule has 0 radical (unpaired) electrons. The number of ether oxygens (including phenoxy) is 2. The molecule has 0 bridgehead atoms. The number of sulfonamides is 1. The predicted octanol–water partition coefficient (Wildman–Crippen LogP) is 3.47. The number of carbonyl (C=O) groups excluding carboxylic acids is 1. The summed E-state index contributed by atoms with van der Waals surface area (Å²) in [5.41, 5.74) is 2.11. The zero-order valence-corrected chi connectivity index (χ0v) is 19.1. The summed E-state index contributed by atoms with van der Waals surface area (Å²) in [6.45, 7) is 5.45. The van der Waals surface area contributed by atoms with Crippen molar-refractivity contribution in [2.24, 2.45) is 0 Å². The van der Waals surface area contributed by atoms with Gasteiger partial charge in [-0.15, -0.1) is 0 Å². The van der Waals surface area contributed by atoms with E-state index in [4.69, 9.17) is 9.47 Å². The molecule has 1 amide bonds. The van der Waals surface area contributed by atoms with Crippen molar-refractivity contribution in [2.45, 2.75) is 32.7 Å². The van der Waals surface area contributed by atoms with Crippen LogP contribution in [-0.2, 0) is 14.8 Å². The van der Waals surface area contributed by atoms with Gasteiger partial charge >= 0.3 is 0 Å². The van der Waals surface area contributed by atoms with Crippen LogP contribution in [0.25, 0.3) is 0 Å². The predicted molar refractivity (Wildman–Crippen MR) is 119 cm³/mol. The van der Waals surface area contributed by atoms with Gasteiger partial charge in [-0.05, 0) is 42.7 Å². The summed E-state index contributed by atoms with van der Waals surface area (Å²) in [6.07, 6.45) is 1.10. The molecule has 1 N–H and O–H groups in total. The molecule has 2 aromatic rings. The van der Waals surface area contributed by atoms with Gasteiger partial charge in [0, 0.05) is 5.56 Å². The number of rotatable bonds is 9. The third-order valence-electron chi connectivity index (χ3n) is 4.80. The largest absolute Gasteiger partial charge is 0.497 e. The van der Waals surface area contributed by atoms with Crippen molar-refractivity contribution in [1.29, 1.82) is 0 Å². The van der Waals surface area contributed by atoms with E-state index in [-0.39, 0.29) is 12.5 Å². The van der Waals surface area contributed by atoms with Gasteiger partial charge in [0.15, 0.2) is 0 Å². The fourth-order valence-corrected chi connectivity index (χ4v) is 4.13. The maximum atomic E-state index is 12.8. The first-order valence-electron chi connectivity index (χ1n) is 9.66. The third-order valence-corrected chi connectivity index (χ3v) is 5.92. The number of anilines is 1. The molecular formula is C22H30N2O5S. The van der Waals surface area contributed by atoms with Crippen LogP contribution in [0.15, 0.2) is 42.5 Å². The Morgan fingerprint density at radius 2 is 1.70 bits per heavy atom. The summed E-state index contributed by atoms with van der Waals surface area (Å²) in [7, 11) is -0.555. The van der Waals surface area contributed by atoms with E-state index in [1.165, 1.54) is 0 Å². The molecule has 2 rings (SSSR count). The molecule has 0 aliphatic heterocycles. The highest BCUT2D eigenvalue weighted by Gasteiger charge is 2.25. The molecule has 30 heavy (non-hydrogen) atoms. The average molecular weight is 435 g/mol. The second-order valence-corrected chi connectivity index (χ2v) is 9.29. The van der Waals surface area contributed by atoms with Crippen molar-refractivity contribution < 1.29 is 22.7 Å². The number of hydrogen-bond donors (Lipinski definition) is 1. The average Bonchev–Trinajstić information content (AvgIpc) is 2.70. The number of carbonyl (C=O) groups is 1. The molecule has 0 heterocycles. The number of nitrogens with one attached hydrogen (secondary N) is 1. The molecule has 1 unspecified atom stereocenters. The van der Waals surface area contributed by atoms with Gasteiger partial charge in [0.05, 0.1) is 32.2 Å². The molecule has 7 nitrogen and oxygen atoms in total. The van der Waals surface area contributed by atoms with Gasteiger partial charge < -0.3 is 14.8 Å². The Hall–Kier alpha value is -2.74. The topological polar surface area (TPSA) is 84.9 Å². The van der Waals surface area contributed by atoms with Crippen LogP contribution in [0.4, 0.5) is 5.69 Å². The van der Waals surface area contributed by atoms with Crippen molar-refractivity contribution >= 4 is 21.6 Å². The highest BCUT2D eigenvalue weighted by atomic mass is 32.2. The van der Waals surface area contributed by atoms with Crippen LogP contribution in [-0.4, -0.2) is 41.3 Å². The van der Waals surface area contributed by atoms with Crippen LogP contribution < -0.4 is 19.1 Å². The van der Waals surface area contributed by atoms with Crippen LogP contribution in [0, 0.1) is 0 Å². The smallest absolute Gasteiger partial charge is 0.241 e. The second kappa shape index (κ2) is 9.84. The highest BCUT2D eigenvalue weighted by molar-refractivity contribution is 7.92. The maximum Gasteiger partial charge on any atom is 0.241 e. The second-order valence-electron chi connectivity index (χ2n) is 7.38. The summed E-state index contributed by atoms with van der Waals surface area (Å²) in [5, 5.41) is 2.86. The minimum absolute atomic E-state index is 0.105. The van der Waals surface area contributed by atoms with Gasteiger partial charge in [0.2, 0.25) is 15.9 Å². The van der Waals surface area contributed by atoms with Crippen LogP contribution in [0.5, 0.6) is 11.5 Å². The van der Waals surface area contributed by atoms with Crippen LogP contribution >= 0.6 is 0 Å². The molecule has 8 heteroatoms. The number of methoxy groups -OCH3 is 2. The minimum atomic E-state index is -3.67. The quantitative estimate of drug-likeness (QED) is 0.653. The molecule has 1 atom stereocenters. The van der Waals surface area contributed by atoms with Crippen molar-refractivity contribution in [3.63, 3.8) is 0 Å². The van der Waals surface area contributed by atoms with Gasteiger partial charge in [-0.25, -0.2) is 8.42 Å². The van der Waals surface area contributed by atoms with E-state index >= 15 is 0 Å². The normalized spacial score (nSPS) is 12.4. The number of nitrogens with zero attached hydrogens (tertiary/aromatic N) is 1. The number of hydrogen-bond acceptors (Lipinski definition) is 5. The lowest BCUT2D eigenvalue weighted by Crippen LogP contribution is -2.41. The van der Waals surface area contributed by atoms with E-state index in [9.17, 15) is 13.2 Å². The molecule has 0 saturated heterocycles. The van der Waals surface area contributed by atoms with Gasteiger partial charge in [-0.1, -0.05) is 32.0 Å². The molecule has 0 spiro atoms. The standard InChI is InChI=1S/C22H30N2O5S/c1-15(2)18-9-7-8-10-20(18)24(30(6,26)27)14-22(25)23-16(3)19-13-17(28-4)11-12-21(19)29-5/h7-13,15-16H,14H2,1-6H3,(H,23,25). The number of para-hydroxylation sites is 1. The maximum absolute atomic E-state index is 12.8. The Morgan fingerprint density at radius 1 is 1.03 bits per heavy atom. The lowest BCUT2D eigenvalue weighted by molar-refractivity contribution is -0.120. The zero-order chi connectivity index (χ0) is 22.5. The minimum Gasteiger partial charge on any atom is -0.497 e. The van der Waals surface area contributed by atoms with Crippen molar-refractivity contribution in [3.05, 3.63) is 53.6 Å². The van der Waals surface area contributed by atoms with Crippen LogP contribution in [0.3, 0.4) is 0 Å². The van der Waals surface area contributed by atoms with E-state index in [2.05, 4.69) is 5.32 Å². The molecule has 0 aliphatic rings. The first-order valence-corrected chi connectivity index (χ1v) is 11.5. The molecular weight excluding hydrogens is 404 g/mol.